The molecule has 0 aromatic heterocycles. The van der Waals surface area contributed by atoms with Gasteiger partial charge >= 0.3 is 6.03 Å². The van der Waals surface area contributed by atoms with Crippen molar-refractivity contribution >= 4 is 6.03 Å². The van der Waals surface area contributed by atoms with Crippen molar-refractivity contribution in [1.29, 1.82) is 0 Å². The number of nitrogens with one attached hydrogen (secondary N) is 1. The van der Waals surface area contributed by atoms with Crippen LogP contribution in [0.5, 0.6) is 0 Å². The number of hydrogen-bond donors (Lipinski definition) is 2. The molecule has 18 heavy (non-hydrogen) atoms. The maximum absolute atomic E-state index is 12.3. The van der Waals surface area contributed by atoms with Crippen molar-refractivity contribution in [3.63, 3.8) is 0 Å². The van der Waals surface area contributed by atoms with E-state index in [1.165, 1.54) is 12.8 Å². The number of rotatable bonds is 2. The molecule has 1 aliphatic carbocycles. The lowest BCUT2D eigenvalue weighted by Crippen LogP contribution is -2.56. The summed E-state index contributed by atoms with van der Waals surface area (Å²) in [5, 5.41) is 3.10. The van der Waals surface area contributed by atoms with Gasteiger partial charge in [0, 0.05) is 18.1 Å². The lowest BCUT2D eigenvalue weighted by molar-refractivity contribution is 0.154. The summed E-state index contributed by atoms with van der Waals surface area (Å²) in [5.74, 6) is 0.463. The van der Waals surface area contributed by atoms with E-state index in [1.54, 1.807) is 0 Å². The van der Waals surface area contributed by atoms with Gasteiger partial charge in [0.15, 0.2) is 0 Å². The second-order valence-electron chi connectivity index (χ2n) is 6.42. The molecule has 1 saturated carbocycles. The highest BCUT2D eigenvalue weighted by molar-refractivity contribution is 5.75. The van der Waals surface area contributed by atoms with Crippen molar-refractivity contribution in [1.82, 2.24) is 10.2 Å². The molecule has 3 atom stereocenters. The molecule has 0 bridgehead atoms. The van der Waals surface area contributed by atoms with Gasteiger partial charge in [-0.15, -0.1) is 0 Å². The maximum Gasteiger partial charge on any atom is 0.317 e. The van der Waals surface area contributed by atoms with Crippen LogP contribution in [0, 0.1) is 5.92 Å². The van der Waals surface area contributed by atoms with E-state index >= 15 is 0 Å². The Kier molecular flexibility index (Phi) is 3.85. The van der Waals surface area contributed by atoms with E-state index in [2.05, 4.69) is 26.1 Å². The highest BCUT2D eigenvalue weighted by Crippen LogP contribution is 2.37. The van der Waals surface area contributed by atoms with Crippen LogP contribution in [-0.4, -0.2) is 35.1 Å². The standard InChI is InChI=1S/C14H27N3O/c1-10(2)11(3)16-13(18)17-9-8-14(15)7-5-4-6-12(14)17/h10-12H,4-9,15H2,1-3H3,(H,16,18). The highest BCUT2D eigenvalue weighted by atomic mass is 16.2. The Labute approximate surface area is 110 Å². The topological polar surface area (TPSA) is 58.4 Å². The lowest BCUT2D eigenvalue weighted by atomic mass is 9.78. The first-order valence-electron chi connectivity index (χ1n) is 7.30. The first kappa shape index (κ1) is 13.7. The Hall–Kier alpha value is -0.770. The quantitative estimate of drug-likeness (QED) is 0.791. The van der Waals surface area contributed by atoms with E-state index in [-0.39, 0.29) is 23.7 Å². The van der Waals surface area contributed by atoms with Gasteiger partial charge in [0.05, 0.1) is 6.04 Å². The Morgan fingerprint density at radius 2 is 2.06 bits per heavy atom. The zero-order valence-electron chi connectivity index (χ0n) is 11.9. The van der Waals surface area contributed by atoms with Crippen LogP contribution in [0.25, 0.3) is 0 Å². The summed E-state index contributed by atoms with van der Waals surface area (Å²) >= 11 is 0. The molecular formula is C14H27N3O. The lowest BCUT2D eigenvalue weighted by Gasteiger charge is -2.39. The average molecular weight is 253 g/mol. The zero-order valence-corrected chi connectivity index (χ0v) is 11.9. The Bertz CT molecular complexity index is 318. The molecule has 0 radical (unpaired) electrons. The molecule has 3 N–H and O–H groups in total. The molecule has 0 spiro atoms. The third-order valence-corrected chi connectivity index (χ3v) is 4.84. The van der Waals surface area contributed by atoms with E-state index in [0.29, 0.717) is 5.92 Å². The van der Waals surface area contributed by atoms with Crippen molar-refractivity contribution in [2.24, 2.45) is 11.7 Å². The number of fused-ring (bicyclic) bond motifs is 1. The van der Waals surface area contributed by atoms with Crippen LogP contribution in [0.2, 0.25) is 0 Å². The molecule has 2 rings (SSSR count). The monoisotopic (exact) mass is 253 g/mol. The van der Waals surface area contributed by atoms with Crippen LogP contribution in [-0.2, 0) is 0 Å². The number of amides is 2. The van der Waals surface area contributed by atoms with E-state index in [1.807, 2.05) is 4.90 Å². The predicted octanol–water partition coefficient (Wildman–Crippen LogP) is 2.09. The third kappa shape index (κ3) is 2.48. The van der Waals surface area contributed by atoms with Crippen LogP contribution in [0.15, 0.2) is 0 Å². The molecule has 3 unspecified atom stereocenters. The molecule has 2 fully saturated rings. The van der Waals surface area contributed by atoms with Gasteiger partial charge in [-0.2, -0.15) is 0 Å². The number of nitrogens with two attached hydrogens (primary N) is 1. The second kappa shape index (κ2) is 5.08. The number of nitrogens with zero attached hydrogens (tertiary/aromatic N) is 1. The fourth-order valence-corrected chi connectivity index (χ4v) is 3.18. The molecule has 4 heteroatoms. The van der Waals surface area contributed by atoms with Gasteiger partial charge in [-0.1, -0.05) is 26.7 Å². The number of carbonyl (C=O) groups excluding carboxylic acids is 1. The fraction of sp³-hybridized carbons (Fsp3) is 0.929. The number of hydrogen-bond acceptors (Lipinski definition) is 2. The summed E-state index contributed by atoms with van der Waals surface area (Å²) in [6.07, 6.45) is 5.51. The molecule has 4 nitrogen and oxygen atoms in total. The SMILES string of the molecule is CC(C)C(C)NC(=O)N1CCC2(N)CCCCC12. The number of urea groups is 1. The summed E-state index contributed by atoms with van der Waals surface area (Å²) in [5.41, 5.74) is 6.35. The first-order chi connectivity index (χ1) is 8.44. The van der Waals surface area contributed by atoms with Gasteiger partial charge in [0.2, 0.25) is 0 Å². The van der Waals surface area contributed by atoms with Gasteiger partial charge in [-0.3, -0.25) is 0 Å². The smallest absolute Gasteiger partial charge is 0.317 e. The molecule has 1 heterocycles. The second-order valence-corrected chi connectivity index (χ2v) is 6.42. The van der Waals surface area contributed by atoms with Gasteiger partial charge < -0.3 is 16.0 Å². The average Bonchev–Trinajstić information content (AvgIpc) is 2.66. The Morgan fingerprint density at radius 1 is 1.33 bits per heavy atom. The largest absolute Gasteiger partial charge is 0.335 e. The van der Waals surface area contributed by atoms with E-state index in [9.17, 15) is 4.79 Å². The first-order valence-corrected chi connectivity index (χ1v) is 7.30. The minimum absolute atomic E-state index is 0.0791. The third-order valence-electron chi connectivity index (χ3n) is 4.84. The van der Waals surface area contributed by atoms with Crippen molar-refractivity contribution in [3.8, 4) is 0 Å². The normalized spacial score (nSPS) is 33.4. The fourth-order valence-electron chi connectivity index (χ4n) is 3.18. The maximum atomic E-state index is 12.3. The zero-order chi connectivity index (χ0) is 13.3. The van der Waals surface area contributed by atoms with Crippen molar-refractivity contribution < 1.29 is 4.79 Å². The molecular weight excluding hydrogens is 226 g/mol. The van der Waals surface area contributed by atoms with Crippen molar-refractivity contribution in [3.05, 3.63) is 0 Å². The summed E-state index contributed by atoms with van der Waals surface area (Å²) in [6.45, 7) is 7.14. The van der Waals surface area contributed by atoms with Crippen molar-refractivity contribution in [2.75, 3.05) is 6.54 Å². The van der Waals surface area contributed by atoms with Crippen LogP contribution < -0.4 is 11.1 Å². The molecule has 0 aromatic rings. The molecule has 104 valence electrons. The minimum atomic E-state index is -0.114. The molecule has 2 aliphatic rings. The number of likely N-dealkylation sites (tertiary alicyclic amines) is 1. The van der Waals surface area contributed by atoms with E-state index < -0.39 is 0 Å². The molecule has 2 amide bonds. The van der Waals surface area contributed by atoms with E-state index in [4.69, 9.17) is 5.73 Å². The Balaban J connectivity index is 1.99. The summed E-state index contributed by atoms with van der Waals surface area (Å²) in [7, 11) is 0. The van der Waals surface area contributed by atoms with Gasteiger partial charge in [0.25, 0.3) is 0 Å². The summed E-state index contributed by atoms with van der Waals surface area (Å²) in [6, 6.07) is 0.551. The molecule has 1 saturated heterocycles. The van der Waals surface area contributed by atoms with Crippen LogP contribution in [0.3, 0.4) is 0 Å². The van der Waals surface area contributed by atoms with Gasteiger partial charge in [-0.05, 0) is 32.1 Å². The minimum Gasteiger partial charge on any atom is -0.335 e. The van der Waals surface area contributed by atoms with Crippen LogP contribution in [0.4, 0.5) is 4.79 Å². The molecule has 1 aliphatic heterocycles. The van der Waals surface area contributed by atoms with Gasteiger partial charge in [-0.25, -0.2) is 4.79 Å². The Morgan fingerprint density at radius 3 is 2.72 bits per heavy atom. The predicted molar refractivity (Wildman–Crippen MR) is 73.3 cm³/mol. The van der Waals surface area contributed by atoms with E-state index in [0.717, 1.165) is 25.8 Å². The van der Waals surface area contributed by atoms with Crippen LogP contribution >= 0.6 is 0 Å². The summed E-state index contributed by atoms with van der Waals surface area (Å²) < 4.78 is 0. The summed E-state index contributed by atoms with van der Waals surface area (Å²) in [4.78, 5) is 14.3. The number of carbonyl (C=O) groups is 1. The van der Waals surface area contributed by atoms with Gasteiger partial charge in [0.1, 0.15) is 0 Å². The highest BCUT2D eigenvalue weighted by Gasteiger charge is 2.47. The molecule has 0 aromatic carbocycles. The van der Waals surface area contributed by atoms with Crippen LogP contribution in [0.1, 0.15) is 52.9 Å². The van der Waals surface area contributed by atoms with Crippen molar-refractivity contribution in [2.45, 2.75) is 70.5 Å².